The predicted molar refractivity (Wildman–Crippen MR) is 95.2 cm³/mol. The van der Waals surface area contributed by atoms with Crippen LogP contribution >= 0.6 is 0 Å². The average molecular weight is 309 g/mol. The lowest BCUT2D eigenvalue weighted by molar-refractivity contribution is 0.318. The first-order valence-corrected chi connectivity index (χ1v) is 7.62. The van der Waals surface area contributed by atoms with E-state index in [9.17, 15) is 0 Å². The average Bonchev–Trinajstić information content (AvgIpc) is 2.54. The van der Waals surface area contributed by atoms with E-state index in [1.165, 1.54) is 16.8 Å². The van der Waals surface area contributed by atoms with Crippen LogP contribution < -0.4 is 4.90 Å². The Bertz CT molecular complexity index is 672. The molecule has 2 aromatic rings. The molecule has 0 N–H and O–H groups in total. The quantitative estimate of drug-likeness (QED) is 0.437. The molecule has 0 amide bonds. The Labute approximate surface area is 137 Å². The van der Waals surface area contributed by atoms with Gasteiger partial charge in [-0.15, -0.1) is 0 Å². The fourth-order valence-corrected chi connectivity index (χ4v) is 2.53. The number of benzene rings is 2. The Morgan fingerprint density at radius 2 is 1.57 bits per heavy atom. The summed E-state index contributed by atoms with van der Waals surface area (Å²) in [5.74, 6) is 0. The number of anilines is 1. The number of hydrogen-bond donors (Lipinski definition) is 0. The van der Waals surface area contributed by atoms with Gasteiger partial charge in [-0.05, 0) is 41.4 Å². The first-order valence-electron chi connectivity index (χ1n) is 7.62. The molecular formula is C18H23N5. The third kappa shape index (κ3) is 5.02. The van der Waals surface area contributed by atoms with E-state index >= 15 is 0 Å². The normalized spacial score (nSPS) is 10.4. The van der Waals surface area contributed by atoms with Crippen molar-refractivity contribution < 1.29 is 0 Å². The molecule has 0 saturated carbocycles. The van der Waals surface area contributed by atoms with Crippen LogP contribution in [0.15, 0.2) is 53.6 Å². The molecule has 0 aromatic heterocycles. The molecule has 0 aliphatic carbocycles. The van der Waals surface area contributed by atoms with Crippen molar-refractivity contribution in [2.75, 3.05) is 26.0 Å². The van der Waals surface area contributed by atoms with Crippen LogP contribution in [-0.2, 0) is 19.6 Å². The van der Waals surface area contributed by atoms with E-state index in [0.717, 1.165) is 18.7 Å². The Morgan fingerprint density at radius 1 is 0.913 bits per heavy atom. The molecular weight excluding hydrogens is 286 g/mol. The van der Waals surface area contributed by atoms with E-state index in [4.69, 9.17) is 5.53 Å². The van der Waals surface area contributed by atoms with Gasteiger partial charge in [-0.2, -0.15) is 0 Å². The van der Waals surface area contributed by atoms with Gasteiger partial charge in [0.05, 0.1) is 6.54 Å². The molecule has 0 atom stereocenters. The summed E-state index contributed by atoms with van der Waals surface area (Å²) >= 11 is 0. The molecule has 0 aliphatic heterocycles. The molecule has 0 unspecified atom stereocenters. The van der Waals surface area contributed by atoms with Gasteiger partial charge in [0, 0.05) is 37.8 Å². The van der Waals surface area contributed by atoms with E-state index in [2.05, 4.69) is 57.2 Å². The van der Waals surface area contributed by atoms with Crippen LogP contribution in [0.1, 0.15) is 16.7 Å². The molecule has 0 heterocycles. The lowest BCUT2D eigenvalue weighted by Gasteiger charge is -2.19. The van der Waals surface area contributed by atoms with Gasteiger partial charge >= 0.3 is 0 Å². The van der Waals surface area contributed by atoms with Crippen molar-refractivity contribution in [3.8, 4) is 0 Å². The zero-order valence-electron chi connectivity index (χ0n) is 14.0. The van der Waals surface area contributed by atoms with Gasteiger partial charge in [-0.25, -0.2) is 0 Å². The molecule has 5 nitrogen and oxygen atoms in total. The Balaban J connectivity index is 2.02. The maximum atomic E-state index is 8.50. The predicted octanol–water partition coefficient (Wildman–Crippen LogP) is 4.19. The van der Waals surface area contributed by atoms with E-state index in [1.54, 1.807) is 0 Å². The third-order valence-electron chi connectivity index (χ3n) is 3.77. The second-order valence-corrected chi connectivity index (χ2v) is 5.89. The summed E-state index contributed by atoms with van der Waals surface area (Å²) in [6, 6.07) is 16.7. The lowest BCUT2D eigenvalue weighted by atomic mass is 10.1. The zero-order valence-corrected chi connectivity index (χ0v) is 14.0. The summed E-state index contributed by atoms with van der Waals surface area (Å²) in [4.78, 5) is 7.21. The van der Waals surface area contributed by atoms with Crippen LogP contribution in [0, 0.1) is 0 Å². The Hall–Kier alpha value is -2.49. The first-order chi connectivity index (χ1) is 11.1. The minimum absolute atomic E-state index is 0.401. The molecule has 23 heavy (non-hydrogen) atoms. The smallest absolute Gasteiger partial charge is 0.0514 e. The highest BCUT2D eigenvalue weighted by Gasteiger charge is 2.06. The minimum Gasteiger partial charge on any atom is -0.378 e. The standard InChI is InChI=1S/C18H23N5/c1-22(2)18-10-8-15(9-11-18)13-23(3)14-17-7-5-4-6-16(17)12-20-21-19/h4-11H,12-14H2,1-3H3. The van der Waals surface area contributed by atoms with E-state index in [1.807, 2.05) is 32.3 Å². The van der Waals surface area contributed by atoms with E-state index < -0.39 is 0 Å². The third-order valence-corrected chi connectivity index (χ3v) is 3.77. The van der Waals surface area contributed by atoms with Gasteiger partial charge in [0.2, 0.25) is 0 Å². The molecule has 5 heteroatoms. The number of hydrogen-bond acceptors (Lipinski definition) is 3. The summed E-state index contributed by atoms with van der Waals surface area (Å²) < 4.78 is 0. The Kier molecular flexibility index (Phi) is 6.03. The summed E-state index contributed by atoms with van der Waals surface area (Å²) in [5, 5.41) is 3.68. The monoisotopic (exact) mass is 309 g/mol. The van der Waals surface area contributed by atoms with Crippen LogP contribution in [0.25, 0.3) is 10.4 Å². The zero-order chi connectivity index (χ0) is 16.7. The highest BCUT2D eigenvalue weighted by molar-refractivity contribution is 5.46. The molecule has 0 bridgehead atoms. The van der Waals surface area contributed by atoms with Crippen molar-refractivity contribution in [3.05, 3.63) is 75.7 Å². The van der Waals surface area contributed by atoms with Crippen molar-refractivity contribution >= 4 is 5.69 Å². The van der Waals surface area contributed by atoms with Crippen LogP contribution in [0.3, 0.4) is 0 Å². The van der Waals surface area contributed by atoms with Crippen molar-refractivity contribution in [2.24, 2.45) is 5.11 Å². The lowest BCUT2D eigenvalue weighted by Crippen LogP contribution is -2.18. The molecule has 0 aliphatic rings. The van der Waals surface area contributed by atoms with Crippen LogP contribution in [0.4, 0.5) is 5.69 Å². The van der Waals surface area contributed by atoms with Crippen LogP contribution in [0.5, 0.6) is 0 Å². The molecule has 2 aromatic carbocycles. The van der Waals surface area contributed by atoms with Gasteiger partial charge in [-0.3, -0.25) is 4.90 Å². The van der Waals surface area contributed by atoms with Gasteiger partial charge in [0.1, 0.15) is 0 Å². The maximum absolute atomic E-state index is 8.50. The number of rotatable bonds is 7. The summed E-state index contributed by atoms with van der Waals surface area (Å²) in [6.45, 7) is 2.11. The second kappa shape index (κ2) is 8.22. The summed E-state index contributed by atoms with van der Waals surface area (Å²) in [5.41, 5.74) is 13.3. The van der Waals surface area contributed by atoms with Crippen molar-refractivity contribution in [3.63, 3.8) is 0 Å². The molecule has 0 fully saturated rings. The van der Waals surface area contributed by atoms with Crippen molar-refractivity contribution in [1.29, 1.82) is 0 Å². The van der Waals surface area contributed by atoms with E-state index in [0.29, 0.717) is 6.54 Å². The fraction of sp³-hybridized carbons (Fsp3) is 0.333. The van der Waals surface area contributed by atoms with Crippen molar-refractivity contribution in [1.82, 2.24) is 4.90 Å². The SMILES string of the molecule is CN(Cc1ccc(N(C)C)cc1)Cc1ccccc1CN=[N+]=[N-]. The van der Waals surface area contributed by atoms with Crippen LogP contribution in [0.2, 0.25) is 0 Å². The van der Waals surface area contributed by atoms with Gasteiger partial charge < -0.3 is 4.90 Å². The summed E-state index contributed by atoms with van der Waals surface area (Å²) in [6.07, 6.45) is 0. The van der Waals surface area contributed by atoms with Crippen LogP contribution in [-0.4, -0.2) is 26.0 Å². The molecule has 2 rings (SSSR count). The van der Waals surface area contributed by atoms with Crippen molar-refractivity contribution in [2.45, 2.75) is 19.6 Å². The van der Waals surface area contributed by atoms with Gasteiger partial charge in [-0.1, -0.05) is 41.5 Å². The van der Waals surface area contributed by atoms with E-state index in [-0.39, 0.29) is 0 Å². The number of azide groups is 1. The maximum Gasteiger partial charge on any atom is 0.0514 e. The summed E-state index contributed by atoms with van der Waals surface area (Å²) in [7, 11) is 6.19. The molecule has 0 radical (unpaired) electrons. The number of nitrogens with zero attached hydrogens (tertiary/aromatic N) is 5. The van der Waals surface area contributed by atoms with Gasteiger partial charge in [0.25, 0.3) is 0 Å². The molecule has 0 saturated heterocycles. The minimum atomic E-state index is 0.401. The highest BCUT2D eigenvalue weighted by Crippen LogP contribution is 2.16. The highest BCUT2D eigenvalue weighted by atomic mass is 15.1. The fourth-order valence-electron chi connectivity index (χ4n) is 2.53. The molecule has 120 valence electrons. The second-order valence-electron chi connectivity index (χ2n) is 5.89. The molecule has 0 spiro atoms. The van der Waals surface area contributed by atoms with Gasteiger partial charge in [0.15, 0.2) is 0 Å². The first kappa shape index (κ1) is 16.9. The Morgan fingerprint density at radius 3 is 2.17 bits per heavy atom. The topological polar surface area (TPSA) is 55.2 Å². The largest absolute Gasteiger partial charge is 0.378 e.